The number of ether oxygens (including phenoxy) is 1. The molecule has 2 nitrogen and oxygen atoms in total. The highest BCUT2D eigenvalue weighted by Crippen LogP contribution is 2.19. The van der Waals surface area contributed by atoms with Gasteiger partial charge in [0.1, 0.15) is 5.75 Å². The molecule has 0 bridgehead atoms. The highest BCUT2D eigenvalue weighted by atomic mass is 16.5. The van der Waals surface area contributed by atoms with Crippen molar-refractivity contribution in [1.29, 1.82) is 0 Å². The van der Waals surface area contributed by atoms with Gasteiger partial charge in [0.2, 0.25) is 0 Å². The Morgan fingerprint density at radius 2 is 2.06 bits per heavy atom. The van der Waals surface area contributed by atoms with E-state index in [9.17, 15) is 0 Å². The summed E-state index contributed by atoms with van der Waals surface area (Å²) in [4.78, 5) is 0. The third-order valence-corrected chi connectivity index (χ3v) is 3.44. The van der Waals surface area contributed by atoms with Gasteiger partial charge in [-0.25, -0.2) is 0 Å². The lowest BCUT2D eigenvalue weighted by molar-refractivity contribution is 0.292. The van der Waals surface area contributed by atoms with Crippen molar-refractivity contribution in [3.05, 3.63) is 29.8 Å². The third-order valence-electron chi connectivity index (χ3n) is 3.44. The van der Waals surface area contributed by atoms with Crippen LogP contribution in [0.4, 0.5) is 0 Å². The smallest absolute Gasteiger partial charge is 0.119 e. The first kappa shape index (κ1) is 12.4. The zero-order chi connectivity index (χ0) is 12.1. The molecule has 1 unspecified atom stereocenters. The van der Waals surface area contributed by atoms with E-state index in [1.165, 1.54) is 24.9 Å². The molecule has 0 amide bonds. The van der Waals surface area contributed by atoms with Crippen molar-refractivity contribution in [2.45, 2.75) is 45.1 Å². The van der Waals surface area contributed by atoms with Gasteiger partial charge < -0.3 is 10.1 Å². The van der Waals surface area contributed by atoms with Crippen molar-refractivity contribution >= 4 is 0 Å². The largest absolute Gasteiger partial charge is 0.494 e. The summed E-state index contributed by atoms with van der Waals surface area (Å²) in [6, 6.07) is 9.15. The van der Waals surface area contributed by atoms with E-state index in [4.69, 9.17) is 4.74 Å². The topological polar surface area (TPSA) is 21.3 Å². The van der Waals surface area contributed by atoms with E-state index in [0.29, 0.717) is 12.0 Å². The van der Waals surface area contributed by atoms with Crippen molar-refractivity contribution in [1.82, 2.24) is 5.32 Å². The molecule has 1 heterocycles. The summed E-state index contributed by atoms with van der Waals surface area (Å²) < 4.78 is 5.76. The van der Waals surface area contributed by atoms with E-state index in [1.807, 2.05) is 0 Å². The van der Waals surface area contributed by atoms with Gasteiger partial charge in [0.15, 0.2) is 0 Å². The molecule has 94 valence electrons. The summed E-state index contributed by atoms with van der Waals surface area (Å²) >= 11 is 0. The normalized spacial score (nSPS) is 19.8. The first-order valence-corrected chi connectivity index (χ1v) is 6.72. The number of hydrogen-bond acceptors (Lipinski definition) is 2. The van der Waals surface area contributed by atoms with Crippen LogP contribution in [0.2, 0.25) is 0 Å². The van der Waals surface area contributed by atoms with Crippen LogP contribution in [0, 0.1) is 0 Å². The molecular formula is C15H23NO. The van der Waals surface area contributed by atoms with Crippen LogP contribution in [0.1, 0.15) is 44.6 Å². The van der Waals surface area contributed by atoms with Crippen LogP contribution in [0.5, 0.6) is 5.75 Å². The second-order valence-corrected chi connectivity index (χ2v) is 5.15. The van der Waals surface area contributed by atoms with E-state index in [2.05, 4.69) is 43.4 Å². The third kappa shape index (κ3) is 3.74. The fourth-order valence-electron chi connectivity index (χ4n) is 2.27. The SMILES string of the molecule is CC(C)c1ccc(OCCC2CCCN2)cc1. The quantitative estimate of drug-likeness (QED) is 0.842. The van der Waals surface area contributed by atoms with Crippen molar-refractivity contribution in [2.75, 3.05) is 13.2 Å². The Morgan fingerprint density at radius 3 is 2.65 bits per heavy atom. The molecule has 0 saturated carbocycles. The molecule has 0 spiro atoms. The average Bonchev–Trinajstić information content (AvgIpc) is 2.83. The Hall–Kier alpha value is -1.02. The Morgan fingerprint density at radius 1 is 1.29 bits per heavy atom. The van der Waals surface area contributed by atoms with Crippen molar-refractivity contribution in [3.63, 3.8) is 0 Å². The van der Waals surface area contributed by atoms with Crippen molar-refractivity contribution in [3.8, 4) is 5.75 Å². The lowest BCUT2D eigenvalue weighted by Crippen LogP contribution is -2.23. The Balaban J connectivity index is 1.74. The highest BCUT2D eigenvalue weighted by molar-refractivity contribution is 5.28. The van der Waals surface area contributed by atoms with Crippen LogP contribution in [0.3, 0.4) is 0 Å². The molecule has 1 saturated heterocycles. The van der Waals surface area contributed by atoms with E-state index < -0.39 is 0 Å². The lowest BCUT2D eigenvalue weighted by atomic mass is 10.0. The predicted molar refractivity (Wildman–Crippen MR) is 71.7 cm³/mol. The fourth-order valence-corrected chi connectivity index (χ4v) is 2.27. The Bertz CT molecular complexity index is 325. The molecule has 17 heavy (non-hydrogen) atoms. The molecule has 0 radical (unpaired) electrons. The van der Waals surface area contributed by atoms with Gasteiger partial charge in [0.05, 0.1) is 6.61 Å². The molecule has 1 aromatic carbocycles. The molecule has 1 N–H and O–H groups in total. The molecule has 1 aliphatic heterocycles. The minimum absolute atomic E-state index is 0.590. The van der Waals surface area contributed by atoms with Gasteiger partial charge >= 0.3 is 0 Å². The molecule has 0 aliphatic carbocycles. The van der Waals surface area contributed by atoms with Crippen LogP contribution < -0.4 is 10.1 Å². The number of nitrogens with one attached hydrogen (secondary N) is 1. The lowest BCUT2D eigenvalue weighted by Gasteiger charge is -2.12. The van der Waals surface area contributed by atoms with Gasteiger partial charge in [-0.2, -0.15) is 0 Å². The van der Waals surface area contributed by atoms with Crippen molar-refractivity contribution < 1.29 is 4.74 Å². The first-order chi connectivity index (χ1) is 8.25. The molecule has 2 rings (SSSR count). The Kier molecular flexibility index (Phi) is 4.43. The van der Waals surface area contributed by atoms with Crippen LogP contribution in [0.15, 0.2) is 24.3 Å². The van der Waals surface area contributed by atoms with Gasteiger partial charge in [-0.15, -0.1) is 0 Å². The first-order valence-electron chi connectivity index (χ1n) is 6.72. The van der Waals surface area contributed by atoms with Gasteiger partial charge in [0.25, 0.3) is 0 Å². The van der Waals surface area contributed by atoms with E-state index in [0.717, 1.165) is 18.8 Å². The van der Waals surface area contributed by atoms with Crippen LogP contribution in [-0.2, 0) is 0 Å². The van der Waals surface area contributed by atoms with E-state index in [-0.39, 0.29) is 0 Å². The van der Waals surface area contributed by atoms with E-state index >= 15 is 0 Å². The second-order valence-electron chi connectivity index (χ2n) is 5.15. The molecule has 1 atom stereocenters. The van der Waals surface area contributed by atoms with Crippen LogP contribution >= 0.6 is 0 Å². The summed E-state index contributed by atoms with van der Waals surface area (Å²) in [5.41, 5.74) is 1.37. The van der Waals surface area contributed by atoms with Gasteiger partial charge in [-0.1, -0.05) is 26.0 Å². The van der Waals surface area contributed by atoms with Gasteiger partial charge in [-0.05, 0) is 49.4 Å². The van der Waals surface area contributed by atoms with Gasteiger partial charge in [-0.3, -0.25) is 0 Å². The maximum atomic E-state index is 5.76. The minimum atomic E-state index is 0.590. The highest BCUT2D eigenvalue weighted by Gasteiger charge is 2.13. The molecule has 2 heteroatoms. The maximum absolute atomic E-state index is 5.76. The number of hydrogen-bond donors (Lipinski definition) is 1. The summed E-state index contributed by atoms with van der Waals surface area (Å²) in [5.74, 6) is 1.58. The number of rotatable bonds is 5. The van der Waals surface area contributed by atoms with Crippen LogP contribution in [0.25, 0.3) is 0 Å². The summed E-state index contributed by atoms with van der Waals surface area (Å²) in [6.45, 7) is 6.41. The molecule has 0 aromatic heterocycles. The molecule has 1 fully saturated rings. The average molecular weight is 233 g/mol. The predicted octanol–water partition coefficient (Wildman–Crippen LogP) is 3.33. The summed E-state index contributed by atoms with van der Waals surface area (Å²) in [7, 11) is 0. The van der Waals surface area contributed by atoms with E-state index in [1.54, 1.807) is 0 Å². The van der Waals surface area contributed by atoms with Gasteiger partial charge in [0, 0.05) is 6.04 Å². The van der Waals surface area contributed by atoms with Crippen LogP contribution in [-0.4, -0.2) is 19.2 Å². The summed E-state index contributed by atoms with van der Waals surface area (Å²) in [5, 5.41) is 3.49. The zero-order valence-corrected chi connectivity index (χ0v) is 10.9. The van der Waals surface area contributed by atoms with Crippen molar-refractivity contribution in [2.24, 2.45) is 0 Å². The Labute approximate surface area is 104 Å². The zero-order valence-electron chi connectivity index (χ0n) is 10.9. The molecule has 1 aromatic rings. The standard InChI is InChI=1S/C15H23NO/c1-12(2)13-5-7-15(8-6-13)17-11-9-14-4-3-10-16-14/h5-8,12,14,16H,3-4,9-11H2,1-2H3. The summed E-state index contributed by atoms with van der Waals surface area (Å²) in [6.07, 6.45) is 3.73. The fraction of sp³-hybridized carbons (Fsp3) is 0.600. The maximum Gasteiger partial charge on any atom is 0.119 e. The molecular weight excluding hydrogens is 210 g/mol. The minimum Gasteiger partial charge on any atom is -0.494 e. The molecule has 1 aliphatic rings. The monoisotopic (exact) mass is 233 g/mol. The second kappa shape index (κ2) is 6.06. The number of benzene rings is 1.